The van der Waals surface area contributed by atoms with Crippen molar-refractivity contribution >= 4 is 5.91 Å². The summed E-state index contributed by atoms with van der Waals surface area (Å²) in [6, 6.07) is 4.37. The number of aryl methyl sites for hydroxylation is 3. The summed E-state index contributed by atoms with van der Waals surface area (Å²) in [5.41, 5.74) is 5.15. The zero-order valence-electron chi connectivity index (χ0n) is 12.8. The smallest absolute Gasteiger partial charge is 0.233 e. The van der Waals surface area contributed by atoms with Gasteiger partial charge in [-0.3, -0.25) is 4.79 Å². The number of hydrogen-bond acceptors (Lipinski definition) is 2. The standard InChI is InChI=1S/C16H26N2O/c1-11(2)8-18-16(19)10-17-9-15-13(4)6-12(3)7-14(15)5/h6-7,11,17H,8-10H2,1-5H3,(H,18,19). The highest BCUT2D eigenvalue weighted by molar-refractivity contribution is 5.77. The monoisotopic (exact) mass is 262 g/mol. The van der Waals surface area contributed by atoms with Crippen LogP contribution in [-0.4, -0.2) is 19.0 Å². The highest BCUT2D eigenvalue weighted by atomic mass is 16.1. The zero-order valence-corrected chi connectivity index (χ0v) is 12.8. The number of amides is 1. The van der Waals surface area contributed by atoms with Crippen LogP contribution in [0.5, 0.6) is 0 Å². The molecular formula is C16H26N2O. The molecule has 0 radical (unpaired) electrons. The summed E-state index contributed by atoms with van der Waals surface area (Å²) in [5.74, 6) is 0.557. The third-order valence-electron chi connectivity index (χ3n) is 3.14. The Morgan fingerprint density at radius 1 is 1.16 bits per heavy atom. The number of carbonyl (C=O) groups is 1. The molecule has 0 unspecified atom stereocenters. The Labute approximate surface area is 116 Å². The number of benzene rings is 1. The van der Waals surface area contributed by atoms with Gasteiger partial charge in [0, 0.05) is 13.1 Å². The highest BCUT2D eigenvalue weighted by Gasteiger charge is 2.05. The van der Waals surface area contributed by atoms with E-state index in [0.717, 1.165) is 13.1 Å². The van der Waals surface area contributed by atoms with Crippen molar-refractivity contribution in [2.24, 2.45) is 5.92 Å². The molecule has 19 heavy (non-hydrogen) atoms. The van der Waals surface area contributed by atoms with Crippen molar-refractivity contribution in [2.75, 3.05) is 13.1 Å². The lowest BCUT2D eigenvalue weighted by atomic mass is 10.00. The van der Waals surface area contributed by atoms with Crippen LogP contribution in [0.2, 0.25) is 0 Å². The normalized spacial score (nSPS) is 10.8. The molecule has 0 spiro atoms. The third kappa shape index (κ3) is 5.43. The van der Waals surface area contributed by atoms with Gasteiger partial charge >= 0.3 is 0 Å². The van der Waals surface area contributed by atoms with Gasteiger partial charge in [-0.2, -0.15) is 0 Å². The van der Waals surface area contributed by atoms with Crippen molar-refractivity contribution in [3.8, 4) is 0 Å². The summed E-state index contributed by atoms with van der Waals surface area (Å²) in [6.45, 7) is 12.4. The third-order valence-corrected chi connectivity index (χ3v) is 3.14. The van der Waals surface area contributed by atoms with Crippen LogP contribution in [0.3, 0.4) is 0 Å². The second-order valence-electron chi connectivity index (χ2n) is 5.68. The van der Waals surface area contributed by atoms with Gasteiger partial charge in [-0.15, -0.1) is 0 Å². The Kier molecular flexibility index (Phi) is 6.03. The Morgan fingerprint density at radius 2 is 1.74 bits per heavy atom. The molecule has 0 bridgehead atoms. The van der Waals surface area contributed by atoms with Crippen molar-refractivity contribution in [3.63, 3.8) is 0 Å². The second-order valence-corrected chi connectivity index (χ2v) is 5.68. The molecule has 1 amide bonds. The molecular weight excluding hydrogens is 236 g/mol. The fraction of sp³-hybridized carbons (Fsp3) is 0.562. The van der Waals surface area contributed by atoms with Crippen LogP contribution in [0.15, 0.2) is 12.1 Å². The van der Waals surface area contributed by atoms with E-state index >= 15 is 0 Å². The van der Waals surface area contributed by atoms with E-state index in [4.69, 9.17) is 0 Å². The van der Waals surface area contributed by atoms with Gasteiger partial charge in [-0.25, -0.2) is 0 Å². The average Bonchev–Trinajstić information content (AvgIpc) is 2.29. The fourth-order valence-corrected chi connectivity index (χ4v) is 2.17. The van der Waals surface area contributed by atoms with Crippen molar-refractivity contribution in [3.05, 3.63) is 34.4 Å². The van der Waals surface area contributed by atoms with E-state index in [-0.39, 0.29) is 5.91 Å². The lowest BCUT2D eigenvalue weighted by molar-refractivity contribution is -0.120. The zero-order chi connectivity index (χ0) is 14.4. The van der Waals surface area contributed by atoms with E-state index in [9.17, 15) is 4.79 Å². The van der Waals surface area contributed by atoms with Crippen LogP contribution < -0.4 is 10.6 Å². The molecule has 1 aromatic carbocycles. The van der Waals surface area contributed by atoms with Gasteiger partial charge in [0.1, 0.15) is 0 Å². The fourth-order valence-electron chi connectivity index (χ4n) is 2.17. The molecule has 1 rings (SSSR count). The molecule has 2 N–H and O–H groups in total. The van der Waals surface area contributed by atoms with Crippen molar-refractivity contribution < 1.29 is 4.79 Å². The first-order chi connectivity index (χ1) is 8.90. The summed E-state index contributed by atoms with van der Waals surface area (Å²) in [4.78, 5) is 11.6. The summed E-state index contributed by atoms with van der Waals surface area (Å²) >= 11 is 0. The Hall–Kier alpha value is -1.35. The van der Waals surface area contributed by atoms with E-state index in [2.05, 4.69) is 57.4 Å². The van der Waals surface area contributed by atoms with Crippen LogP contribution >= 0.6 is 0 Å². The molecule has 0 saturated carbocycles. The largest absolute Gasteiger partial charge is 0.355 e. The molecule has 0 fully saturated rings. The summed E-state index contributed by atoms with van der Waals surface area (Å²) < 4.78 is 0. The maximum atomic E-state index is 11.6. The predicted molar refractivity (Wildman–Crippen MR) is 80.2 cm³/mol. The van der Waals surface area contributed by atoms with E-state index in [1.54, 1.807) is 0 Å². The summed E-state index contributed by atoms with van der Waals surface area (Å²) in [5, 5.41) is 6.12. The molecule has 0 aromatic heterocycles. The minimum atomic E-state index is 0.0658. The molecule has 0 aliphatic rings. The first kappa shape index (κ1) is 15.7. The first-order valence-corrected chi connectivity index (χ1v) is 6.94. The van der Waals surface area contributed by atoms with Crippen molar-refractivity contribution in [1.29, 1.82) is 0 Å². The summed E-state index contributed by atoms with van der Waals surface area (Å²) in [6.07, 6.45) is 0. The van der Waals surface area contributed by atoms with Gasteiger partial charge in [-0.05, 0) is 43.4 Å². The minimum Gasteiger partial charge on any atom is -0.355 e. The quantitative estimate of drug-likeness (QED) is 0.827. The Morgan fingerprint density at radius 3 is 2.26 bits per heavy atom. The van der Waals surface area contributed by atoms with Gasteiger partial charge in [0.15, 0.2) is 0 Å². The lowest BCUT2D eigenvalue weighted by Gasteiger charge is -2.13. The maximum absolute atomic E-state index is 11.6. The van der Waals surface area contributed by atoms with Gasteiger partial charge in [0.2, 0.25) is 5.91 Å². The first-order valence-electron chi connectivity index (χ1n) is 6.94. The number of hydrogen-bond donors (Lipinski definition) is 2. The van der Waals surface area contributed by atoms with Crippen LogP contribution in [0.25, 0.3) is 0 Å². The molecule has 1 aromatic rings. The average molecular weight is 262 g/mol. The van der Waals surface area contributed by atoms with E-state index in [1.165, 1.54) is 22.3 Å². The number of nitrogens with one attached hydrogen (secondary N) is 2. The van der Waals surface area contributed by atoms with Crippen LogP contribution in [-0.2, 0) is 11.3 Å². The molecule has 0 heterocycles. The molecule has 3 heteroatoms. The number of carbonyl (C=O) groups excluding carboxylic acids is 1. The molecule has 106 valence electrons. The lowest BCUT2D eigenvalue weighted by Crippen LogP contribution is -2.35. The molecule has 0 aliphatic heterocycles. The molecule has 0 aliphatic carbocycles. The molecule has 0 saturated heterocycles. The van der Waals surface area contributed by atoms with Crippen LogP contribution in [0, 0.1) is 26.7 Å². The minimum absolute atomic E-state index is 0.0658. The molecule has 3 nitrogen and oxygen atoms in total. The van der Waals surface area contributed by atoms with E-state index in [1.807, 2.05) is 0 Å². The SMILES string of the molecule is Cc1cc(C)c(CNCC(=O)NCC(C)C)c(C)c1. The maximum Gasteiger partial charge on any atom is 0.233 e. The van der Waals surface area contributed by atoms with E-state index < -0.39 is 0 Å². The van der Waals surface area contributed by atoms with Gasteiger partial charge in [-0.1, -0.05) is 31.5 Å². The van der Waals surface area contributed by atoms with Crippen LogP contribution in [0.1, 0.15) is 36.1 Å². The Bertz CT molecular complexity index is 415. The van der Waals surface area contributed by atoms with E-state index in [0.29, 0.717) is 12.5 Å². The summed E-state index contributed by atoms with van der Waals surface area (Å²) in [7, 11) is 0. The topological polar surface area (TPSA) is 41.1 Å². The molecule has 0 atom stereocenters. The van der Waals surface area contributed by atoms with Crippen molar-refractivity contribution in [2.45, 2.75) is 41.2 Å². The number of rotatable bonds is 6. The Balaban J connectivity index is 2.43. The van der Waals surface area contributed by atoms with Crippen LogP contribution in [0.4, 0.5) is 0 Å². The second kappa shape index (κ2) is 7.29. The van der Waals surface area contributed by atoms with Crippen molar-refractivity contribution in [1.82, 2.24) is 10.6 Å². The predicted octanol–water partition coefficient (Wildman–Crippen LogP) is 2.47. The van der Waals surface area contributed by atoms with Gasteiger partial charge in [0.25, 0.3) is 0 Å². The van der Waals surface area contributed by atoms with Gasteiger partial charge < -0.3 is 10.6 Å². The highest BCUT2D eigenvalue weighted by Crippen LogP contribution is 2.15. The van der Waals surface area contributed by atoms with Gasteiger partial charge in [0.05, 0.1) is 6.54 Å².